The van der Waals surface area contributed by atoms with Crippen LogP contribution in [0, 0.1) is 5.92 Å². The summed E-state index contributed by atoms with van der Waals surface area (Å²) in [4.78, 5) is 11.8. The van der Waals surface area contributed by atoms with Gasteiger partial charge in [0, 0.05) is 18.2 Å². The van der Waals surface area contributed by atoms with Gasteiger partial charge in [-0.15, -0.1) is 0 Å². The molecule has 0 saturated heterocycles. The minimum atomic E-state index is -0.0509. The number of aromatic hydroxyl groups is 1. The van der Waals surface area contributed by atoms with Gasteiger partial charge in [0.1, 0.15) is 0 Å². The number of nitrogens with two attached hydrogens (primary N) is 1. The second-order valence-electron chi connectivity index (χ2n) is 4.83. The molecule has 0 fully saturated rings. The first-order valence-corrected chi connectivity index (χ1v) is 6.97. The van der Waals surface area contributed by atoms with Crippen LogP contribution >= 0.6 is 0 Å². The number of amides is 1. The Bertz CT molecular complexity index is 435. The maximum Gasteiger partial charge on any atom is 0.224 e. The van der Waals surface area contributed by atoms with E-state index in [9.17, 15) is 9.90 Å². The molecule has 0 bridgehead atoms. The number of carbonyl (C=O) groups excluding carboxylic acids is 1. The number of benzene rings is 1. The van der Waals surface area contributed by atoms with E-state index < -0.39 is 0 Å². The molecule has 20 heavy (non-hydrogen) atoms. The fourth-order valence-electron chi connectivity index (χ4n) is 2.11. The highest BCUT2D eigenvalue weighted by atomic mass is 16.5. The Morgan fingerprint density at radius 3 is 2.75 bits per heavy atom. The minimum absolute atomic E-state index is 0.0138. The van der Waals surface area contributed by atoms with Gasteiger partial charge in [-0.3, -0.25) is 4.79 Å². The van der Waals surface area contributed by atoms with Crippen molar-refractivity contribution >= 4 is 11.6 Å². The van der Waals surface area contributed by atoms with Gasteiger partial charge in [-0.1, -0.05) is 13.3 Å². The van der Waals surface area contributed by atoms with Crippen LogP contribution in [-0.4, -0.2) is 24.7 Å². The van der Waals surface area contributed by atoms with E-state index in [1.807, 2.05) is 0 Å². The number of nitrogens with one attached hydrogen (secondary N) is 1. The number of phenolic OH excluding ortho intramolecular Hbond substituents is 1. The predicted molar refractivity (Wildman–Crippen MR) is 80.0 cm³/mol. The average molecular weight is 280 g/mol. The van der Waals surface area contributed by atoms with E-state index in [0.717, 1.165) is 19.3 Å². The van der Waals surface area contributed by atoms with Crippen LogP contribution in [0.25, 0.3) is 0 Å². The summed E-state index contributed by atoms with van der Waals surface area (Å²) in [6.07, 6.45) is 3.29. The second-order valence-corrected chi connectivity index (χ2v) is 4.83. The molecule has 1 unspecified atom stereocenters. The molecule has 1 amide bonds. The van der Waals surface area contributed by atoms with Crippen molar-refractivity contribution in [3.8, 4) is 11.5 Å². The molecule has 0 spiro atoms. The standard InChI is InChI=1S/C15H24N2O3/c1-3-11(8-9-16)4-7-15(19)17-12-5-6-14(20-2)13(18)10-12/h5-6,10-11,18H,3-4,7-9,16H2,1-2H3,(H,17,19). The Balaban J connectivity index is 2.48. The summed E-state index contributed by atoms with van der Waals surface area (Å²) in [6, 6.07) is 4.80. The van der Waals surface area contributed by atoms with Crippen molar-refractivity contribution in [1.82, 2.24) is 0 Å². The van der Waals surface area contributed by atoms with E-state index >= 15 is 0 Å². The lowest BCUT2D eigenvalue weighted by atomic mass is 9.96. The lowest BCUT2D eigenvalue weighted by molar-refractivity contribution is -0.116. The molecule has 1 rings (SSSR count). The van der Waals surface area contributed by atoms with Crippen molar-refractivity contribution in [3.63, 3.8) is 0 Å². The van der Waals surface area contributed by atoms with Crippen molar-refractivity contribution < 1.29 is 14.6 Å². The van der Waals surface area contributed by atoms with E-state index in [4.69, 9.17) is 10.5 Å². The van der Waals surface area contributed by atoms with Crippen LogP contribution in [0.5, 0.6) is 11.5 Å². The van der Waals surface area contributed by atoms with Crippen molar-refractivity contribution in [2.45, 2.75) is 32.6 Å². The maximum absolute atomic E-state index is 11.8. The topological polar surface area (TPSA) is 84.6 Å². The number of carbonyl (C=O) groups is 1. The van der Waals surface area contributed by atoms with E-state index in [2.05, 4.69) is 12.2 Å². The molecule has 5 nitrogen and oxygen atoms in total. The molecule has 0 radical (unpaired) electrons. The van der Waals surface area contributed by atoms with Gasteiger partial charge in [-0.05, 0) is 37.4 Å². The van der Waals surface area contributed by atoms with Gasteiger partial charge in [0.15, 0.2) is 11.5 Å². The molecular formula is C15H24N2O3. The highest BCUT2D eigenvalue weighted by molar-refractivity contribution is 5.91. The molecule has 0 heterocycles. The summed E-state index contributed by atoms with van der Waals surface area (Å²) in [5.41, 5.74) is 6.11. The van der Waals surface area contributed by atoms with Crippen molar-refractivity contribution in [2.24, 2.45) is 11.7 Å². The highest BCUT2D eigenvalue weighted by Crippen LogP contribution is 2.28. The molecule has 1 atom stereocenters. The molecular weight excluding hydrogens is 256 g/mol. The van der Waals surface area contributed by atoms with E-state index in [1.54, 1.807) is 12.1 Å². The van der Waals surface area contributed by atoms with Gasteiger partial charge in [0.25, 0.3) is 0 Å². The Morgan fingerprint density at radius 1 is 1.45 bits per heavy atom. The first kappa shape index (κ1) is 16.3. The monoisotopic (exact) mass is 280 g/mol. The van der Waals surface area contributed by atoms with Crippen molar-refractivity contribution in [2.75, 3.05) is 19.0 Å². The first-order valence-electron chi connectivity index (χ1n) is 6.97. The zero-order chi connectivity index (χ0) is 15.0. The third-order valence-electron chi connectivity index (χ3n) is 3.39. The SMILES string of the molecule is CCC(CCN)CCC(=O)Nc1ccc(OC)c(O)c1. The lowest BCUT2D eigenvalue weighted by Gasteiger charge is -2.13. The molecule has 0 saturated carbocycles. The summed E-state index contributed by atoms with van der Waals surface area (Å²) >= 11 is 0. The number of phenols is 1. The zero-order valence-electron chi connectivity index (χ0n) is 12.2. The molecule has 1 aromatic rings. The Kier molecular flexibility index (Phi) is 6.87. The normalized spacial score (nSPS) is 11.9. The average Bonchev–Trinajstić information content (AvgIpc) is 2.43. The van der Waals surface area contributed by atoms with Crippen LogP contribution in [0.15, 0.2) is 18.2 Å². The van der Waals surface area contributed by atoms with Crippen LogP contribution in [-0.2, 0) is 4.79 Å². The number of methoxy groups -OCH3 is 1. The lowest BCUT2D eigenvalue weighted by Crippen LogP contribution is -2.15. The molecule has 4 N–H and O–H groups in total. The summed E-state index contributed by atoms with van der Waals surface area (Å²) in [5.74, 6) is 0.844. The Hall–Kier alpha value is -1.75. The highest BCUT2D eigenvalue weighted by Gasteiger charge is 2.10. The van der Waals surface area contributed by atoms with Crippen LogP contribution in [0.2, 0.25) is 0 Å². The van der Waals surface area contributed by atoms with Gasteiger partial charge < -0.3 is 20.9 Å². The molecule has 0 aliphatic carbocycles. The maximum atomic E-state index is 11.8. The molecule has 5 heteroatoms. The smallest absolute Gasteiger partial charge is 0.224 e. The van der Waals surface area contributed by atoms with Crippen LogP contribution in [0.3, 0.4) is 0 Å². The molecule has 1 aromatic carbocycles. The van der Waals surface area contributed by atoms with Gasteiger partial charge in [0.05, 0.1) is 7.11 Å². The third kappa shape index (κ3) is 5.09. The molecule has 112 valence electrons. The van der Waals surface area contributed by atoms with Crippen LogP contribution < -0.4 is 15.8 Å². The molecule has 0 aromatic heterocycles. The van der Waals surface area contributed by atoms with E-state index in [1.165, 1.54) is 13.2 Å². The fraction of sp³-hybridized carbons (Fsp3) is 0.533. The van der Waals surface area contributed by atoms with Crippen LogP contribution in [0.1, 0.15) is 32.6 Å². The quantitative estimate of drug-likeness (QED) is 0.683. The number of rotatable bonds is 8. The minimum Gasteiger partial charge on any atom is -0.504 e. The van der Waals surface area contributed by atoms with Gasteiger partial charge >= 0.3 is 0 Å². The molecule has 0 aliphatic rings. The number of ether oxygens (including phenoxy) is 1. The van der Waals surface area contributed by atoms with Gasteiger partial charge in [-0.2, -0.15) is 0 Å². The van der Waals surface area contributed by atoms with Gasteiger partial charge in [0.2, 0.25) is 5.91 Å². The summed E-state index contributed by atoms with van der Waals surface area (Å²) in [6.45, 7) is 2.77. The Labute approximate surface area is 120 Å². The third-order valence-corrected chi connectivity index (χ3v) is 3.39. The van der Waals surface area contributed by atoms with E-state index in [0.29, 0.717) is 30.3 Å². The summed E-state index contributed by atoms with van der Waals surface area (Å²) < 4.78 is 4.95. The second kappa shape index (κ2) is 8.43. The van der Waals surface area contributed by atoms with Gasteiger partial charge in [-0.25, -0.2) is 0 Å². The summed E-state index contributed by atoms with van der Waals surface area (Å²) in [7, 11) is 1.48. The zero-order valence-corrected chi connectivity index (χ0v) is 12.2. The predicted octanol–water partition coefficient (Wildman–Crippen LogP) is 2.49. The summed E-state index contributed by atoms with van der Waals surface area (Å²) in [5, 5.41) is 12.4. The first-order chi connectivity index (χ1) is 9.60. The van der Waals surface area contributed by atoms with E-state index in [-0.39, 0.29) is 11.7 Å². The number of hydrogen-bond acceptors (Lipinski definition) is 4. The largest absolute Gasteiger partial charge is 0.504 e. The van der Waals surface area contributed by atoms with Crippen molar-refractivity contribution in [3.05, 3.63) is 18.2 Å². The number of hydrogen-bond donors (Lipinski definition) is 3. The fourth-order valence-corrected chi connectivity index (χ4v) is 2.11. The molecule has 0 aliphatic heterocycles. The van der Waals surface area contributed by atoms with Crippen LogP contribution in [0.4, 0.5) is 5.69 Å². The Morgan fingerprint density at radius 2 is 2.20 bits per heavy atom. The van der Waals surface area contributed by atoms with Crippen molar-refractivity contribution in [1.29, 1.82) is 0 Å². The number of anilines is 1.